The molecule has 0 unspecified atom stereocenters. The number of halogens is 1. The molecule has 0 aliphatic heterocycles. The summed E-state index contributed by atoms with van der Waals surface area (Å²) in [6.07, 6.45) is 2.67. The summed E-state index contributed by atoms with van der Waals surface area (Å²) in [7, 11) is 1.79. The zero-order valence-electron chi connectivity index (χ0n) is 14.6. The van der Waals surface area contributed by atoms with Gasteiger partial charge in [0.05, 0.1) is 0 Å². The first-order valence-electron chi connectivity index (χ1n) is 7.86. The van der Waals surface area contributed by atoms with Crippen molar-refractivity contribution in [3.05, 3.63) is 33.3 Å². The first kappa shape index (κ1) is 19.0. The molecule has 1 aromatic carbocycles. The maximum atomic E-state index is 11.9. The zero-order valence-corrected chi connectivity index (χ0v) is 16.2. The van der Waals surface area contributed by atoms with Gasteiger partial charge >= 0.3 is 6.09 Å². The van der Waals surface area contributed by atoms with Crippen LogP contribution in [0.1, 0.15) is 50.8 Å². The molecule has 0 aliphatic carbocycles. The minimum absolute atomic E-state index is 0.257. The van der Waals surface area contributed by atoms with Gasteiger partial charge in [-0.25, -0.2) is 4.79 Å². The fourth-order valence-corrected chi connectivity index (χ4v) is 2.91. The Morgan fingerprint density at radius 3 is 2.41 bits per heavy atom. The highest BCUT2D eigenvalue weighted by atomic mass is 79.9. The second-order valence-electron chi connectivity index (χ2n) is 6.71. The van der Waals surface area contributed by atoms with E-state index in [2.05, 4.69) is 41.9 Å². The molecule has 1 rings (SSSR count). The first-order chi connectivity index (χ1) is 10.1. The number of aryl methyl sites for hydroxylation is 2. The zero-order chi connectivity index (χ0) is 16.9. The molecular weight excluding hydrogens is 342 g/mol. The van der Waals surface area contributed by atoms with E-state index in [1.165, 1.54) is 16.7 Å². The number of rotatable bonds is 5. The van der Waals surface area contributed by atoms with Gasteiger partial charge in [0.25, 0.3) is 0 Å². The average molecular weight is 370 g/mol. The van der Waals surface area contributed by atoms with E-state index in [1.54, 1.807) is 11.9 Å². The van der Waals surface area contributed by atoms with Crippen molar-refractivity contribution >= 4 is 22.0 Å². The third-order valence-electron chi connectivity index (χ3n) is 3.61. The molecule has 0 N–H and O–H groups in total. The van der Waals surface area contributed by atoms with Gasteiger partial charge in [-0.15, -0.1) is 0 Å². The van der Waals surface area contributed by atoms with Crippen LogP contribution in [0.25, 0.3) is 0 Å². The summed E-state index contributed by atoms with van der Waals surface area (Å²) >= 11 is 3.58. The third kappa shape index (κ3) is 5.99. The number of benzene rings is 1. The minimum Gasteiger partial charge on any atom is -0.444 e. The summed E-state index contributed by atoms with van der Waals surface area (Å²) in [6, 6.07) is 4.37. The SMILES string of the molecule is CCc1cc(Br)cc(CCCN(C)C(=O)OC(C)(C)C)c1C. The van der Waals surface area contributed by atoms with Gasteiger partial charge in [-0.05, 0) is 75.8 Å². The molecule has 0 heterocycles. The van der Waals surface area contributed by atoms with Crippen LogP contribution < -0.4 is 0 Å². The Kier molecular flexibility index (Phi) is 6.92. The van der Waals surface area contributed by atoms with Crippen LogP contribution >= 0.6 is 15.9 Å². The highest BCUT2D eigenvalue weighted by molar-refractivity contribution is 9.10. The van der Waals surface area contributed by atoms with Crippen LogP contribution in [-0.2, 0) is 17.6 Å². The highest BCUT2D eigenvalue weighted by Crippen LogP contribution is 2.22. The van der Waals surface area contributed by atoms with Gasteiger partial charge in [-0.3, -0.25) is 0 Å². The van der Waals surface area contributed by atoms with E-state index < -0.39 is 5.60 Å². The molecule has 0 saturated heterocycles. The number of nitrogens with zero attached hydrogens (tertiary/aromatic N) is 1. The van der Waals surface area contributed by atoms with Gasteiger partial charge in [-0.1, -0.05) is 22.9 Å². The topological polar surface area (TPSA) is 29.5 Å². The molecule has 0 saturated carbocycles. The lowest BCUT2D eigenvalue weighted by atomic mass is 9.97. The Balaban J connectivity index is 2.57. The Morgan fingerprint density at radius 1 is 1.27 bits per heavy atom. The van der Waals surface area contributed by atoms with Crippen LogP contribution in [0.2, 0.25) is 0 Å². The summed E-state index contributed by atoms with van der Waals surface area (Å²) in [6.45, 7) is 10.7. The molecule has 1 aromatic rings. The molecule has 0 spiro atoms. The Hall–Kier alpha value is -1.03. The molecular formula is C18H28BrNO2. The van der Waals surface area contributed by atoms with Gasteiger partial charge < -0.3 is 9.64 Å². The van der Waals surface area contributed by atoms with Crippen molar-refractivity contribution in [3.63, 3.8) is 0 Å². The number of hydrogen-bond donors (Lipinski definition) is 0. The maximum absolute atomic E-state index is 11.9. The van der Waals surface area contributed by atoms with E-state index in [-0.39, 0.29) is 6.09 Å². The van der Waals surface area contributed by atoms with Crippen LogP contribution in [-0.4, -0.2) is 30.2 Å². The fraction of sp³-hybridized carbons (Fsp3) is 0.611. The molecule has 1 amide bonds. The molecule has 0 radical (unpaired) electrons. The summed E-state index contributed by atoms with van der Waals surface area (Å²) in [4.78, 5) is 13.6. The van der Waals surface area contributed by atoms with E-state index >= 15 is 0 Å². The van der Waals surface area contributed by atoms with E-state index in [0.29, 0.717) is 6.54 Å². The first-order valence-corrected chi connectivity index (χ1v) is 8.65. The van der Waals surface area contributed by atoms with Gasteiger partial charge in [0, 0.05) is 18.1 Å². The van der Waals surface area contributed by atoms with Crippen molar-refractivity contribution in [1.29, 1.82) is 0 Å². The summed E-state index contributed by atoms with van der Waals surface area (Å²) in [5.41, 5.74) is 3.65. The van der Waals surface area contributed by atoms with E-state index in [9.17, 15) is 4.79 Å². The van der Waals surface area contributed by atoms with Crippen LogP contribution in [0.15, 0.2) is 16.6 Å². The predicted molar refractivity (Wildman–Crippen MR) is 95.4 cm³/mol. The quantitative estimate of drug-likeness (QED) is 0.720. The molecule has 0 aliphatic rings. The summed E-state index contributed by atoms with van der Waals surface area (Å²) < 4.78 is 6.49. The largest absolute Gasteiger partial charge is 0.444 e. The van der Waals surface area contributed by atoms with Crippen molar-refractivity contribution in [3.8, 4) is 0 Å². The standard InChI is InChI=1S/C18H28BrNO2/c1-7-14-11-16(19)12-15(13(14)2)9-8-10-20(6)17(21)22-18(3,4)5/h11-12H,7-10H2,1-6H3. The maximum Gasteiger partial charge on any atom is 0.410 e. The van der Waals surface area contributed by atoms with Gasteiger partial charge in [-0.2, -0.15) is 0 Å². The predicted octanol–water partition coefficient (Wildman–Crippen LogP) is 5.12. The molecule has 0 aromatic heterocycles. The lowest BCUT2D eigenvalue weighted by molar-refractivity contribution is 0.0297. The lowest BCUT2D eigenvalue weighted by Gasteiger charge is -2.24. The highest BCUT2D eigenvalue weighted by Gasteiger charge is 2.19. The van der Waals surface area contributed by atoms with Crippen molar-refractivity contribution in [1.82, 2.24) is 4.90 Å². The smallest absolute Gasteiger partial charge is 0.410 e. The molecule has 4 heteroatoms. The second-order valence-corrected chi connectivity index (χ2v) is 7.62. The fourth-order valence-electron chi connectivity index (χ4n) is 2.36. The Bertz CT molecular complexity index is 521. The second kappa shape index (κ2) is 8.00. The number of amides is 1. The van der Waals surface area contributed by atoms with Crippen molar-refractivity contribution in [2.75, 3.05) is 13.6 Å². The number of carbonyl (C=O) groups is 1. The minimum atomic E-state index is -0.442. The van der Waals surface area contributed by atoms with Crippen LogP contribution in [0, 0.1) is 6.92 Å². The summed E-state index contributed by atoms with van der Waals surface area (Å²) in [5, 5.41) is 0. The number of carbonyl (C=O) groups excluding carboxylic acids is 1. The van der Waals surface area contributed by atoms with E-state index in [0.717, 1.165) is 23.7 Å². The summed E-state index contributed by atoms with van der Waals surface area (Å²) in [5.74, 6) is 0. The molecule has 3 nitrogen and oxygen atoms in total. The van der Waals surface area contributed by atoms with Crippen LogP contribution in [0.4, 0.5) is 4.79 Å². The van der Waals surface area contributed by atoms with Crippen molar-refractivity contribution in [2.45, 2.75) is 59.5 Å². The third-order valence-corrected chi connectivity index (χ3v) is 4.07. The van der Waals surface area contributed by atoms with Crippen molar-refractivity contribution < 1.29 is 9.53 Å². The van der Waals surface area contributed by atoms with E-state index in [4.69, 9.17) is 4.74 Å². The Morgan fingerprint density at radius 2 is 1.86 bits per heavy atom. The van der Waals surface area contributed by atoms with Gasteiger partial charge in [0.2, 0.25) is 0 Å². The van der Waals surface area contributed by atoms with Crippen LogP contribution in [0.5, 0.6) is 0 Å². The Labute approximate surface area is 143 Å². The number of hydrogen-bond acceptors (Lipinski definition) is 2. The number of ether oxygens (including phenoxy) is 1. The lowest BCUT2D eigenvalue weighted by Crippen LogP contribution is -2.34. The average Bonchev–Trinajstić information content (AvgIpc) is 2.40. The molecule has 0 fully saturated rings. The van der Waals surface area contributed by atoms with Crippen LogP contribution in [0.3, 0.4) is 0 Å². The van der Waals surface area contributed by atoms with Gasteiger partial charge in [0.1, 0.15) is 5.60 Å². The van der Waals surface area contributed by atoms with Gasteiger partial charge in [0.15, 0.2) is 0 Å². The molecule has 0 atom stereocenters. The monoisotopic (exact) mass is 369 g/mol. The molecule has 22 heavy (non-hydrogen) atoms. The molecule has 124 valence electrons. The van der Waals surface area contributed by atoms with E-state index in [1.807, 2.05) is 20.8 Å². The van der Waals surface area contributed by atoms with Crippen molar-refractivity contribution in [2.24, 2.45) is 0 Å². The normalized spacial score (nSPS) is 11.4. The molecule has 0 bridgehead atoms.